The van der Waals surface area contributed by atoms with Crippen LogP contribution >= 0.6 is 0 Å². The molecule has 0 unspecified atom stereocenters. The van der Waals surface area contributed by atoms with E-state index < -0.39 is 11.5 Å². The first-order chi connectivity index (χ1) is 7.00. The highest BCUT2D eigenvalue weighted by molar-refractivity contribution is 5.81. The third-order valence-electron chi connectivity index (χ3n) is 2.31. The van der Waals surface area contributed by atoms with Crippen LogP contribution in [0.5, 0.6) is 0 Å². The number of aliphatic carboxylic acids is 1. The Labute approximate surface area is 88.8 Å². The van der Waals surface area contributed by atoms with E-state index in [0.717, 1.165) is 0 Å². The summed E-state index contributed by atoms with van der Waals surface area (Å²) in [6, 6.07) is 1.70. The summed E-state index contributed by atoms with van der Waals surface area (Å²) in [4.78, 5) is 20.8. The van der Waals surface area contributed by atoms with Gasteiger partial charge in [0, 0.05) is 18.9 Å². The van der Waals surface area contributed by atoms with Crippen LogP contribution in [0.15, 0.2) is 18.5 Å². The van der Waals surface area contributed by atoms with Crippen molar-refractivity contribution in [2.45, 2.75) is 26.3 Å². The van der Waals surface area contributed by atoms with Crippen molar-refractivity contribution in [3.8, 4) is 0 Å². The highest BCUT2D eigenvalue weighted by Gasteiger charge is 2.35. The number of carbonyl (C=O) groups is 1. The zero-order valence-electron chi connectivity index (χ0n) is 9.14. The van der Waals surface area contributed by atoms with E-state index in [1.54, 1.807) is 37.2 Å². The quantitative estimate of drug-likeness (QED) is 0.806. The molecule has 15 heavy (non-hydrogen) atoms. The lowest BCUT2D eigenvalue weighted by atomic mass is 10.0. The maximum absolute atomic E-state index is 11.1. The lowest BCUT2D eigenvalue weighted by Crippen LogP contribution is -2.51. The van der Waals surface area contributed by atoms with Crippen molar-refractivity contribution < 1.29 is 9.90 Å². The second kappa shape index (κ2) is 4.25. The molecule has 0 spiro atoms. The maximum Gasteiger partial charge on any atom is 0.329 e. The fourth-order valence-electron chi connectivity index (χ4n) is 1.33. The topological polar surface area (TPSA) is 66.3 Å². The Balaban J connectivity index is 3.05. The van der Waals surface area contributed by atoms with Gasteiger partial charge in [-0.1, -0.05) is 0 Å². The summed E-state index contributed by atoms with van der Waals surface area (Å²) in [5, 5.41) is 9.11. The molecule has 1 N–H and O–H groups in total. The molecule has 1 aromatic heterocycles. The predicted molar refractivity (Wildman–Crippen MR) is 56.8 cm³/mol. The van der Waals surface area contributed by atoms with Crippen LogP contribution in [0.3, 0.4) is 0 Å². The van der Waals surface area contributed by atoms with Gasteiger partial charge in [-0.2, -0.15) is 0 Å². The van der Waals surface area contributed by atoms with E-state index in [1.807, 2.05) is 6.92 Å². The zero-order chi connectivity index (χ0) is 11.5. The first kappa shape index (κ1) is 11.4. The second-order valence-electron chi connectivity index (χ2n) is 3.66. The number of aromatic nitrogens is 2. The molecule has 0 saturated heterocycles. The van der Waals surface area contributed by atoms with E-state index in [4.69, 9.17) is 5.11 Å². The van der Waals surface area contributed by atoms with Gasteiger partial charge < -0.3 is 10.0 Å². The largest absolute Gasteiger partial charge is 0.480 e. The van der Waals surface area contributed by atoms with Crippen LogP contribution in [0.1, 0.15) is 20.8 Å². The van der Waals surface area contributed by atoms with Gasteiger partial charge in [-0.3, -0.25) is 0 Å². The molecule has 0 atom stereocenters. The molecule has 0 amide bonds. The minimum atomic E-state index is -1.00. The molecular weight excluding hydrogens is 194 g/mol. The number of hydrogen-bond acceptors (Lipinski definition) is 4. The minimum absolute atomic E-state index is 0.437. The molecule has 1 heterocycles. The van der Waals surface area contributed by atoms with Gasteiger partial charge in [0.1, 0.15) is 5.54 Å². The van der Waals surface area contributed by atoms with Gasteiger partial charge in [-0.05, 0) is 26.8 Å². The van der Waals surface area contributed by atoms with Gasteiger partial charge in [-0.25, -0.2) is 14.8 Å². The first-order valence-electron chi connectivity index (χ1n) is 4.78. The van der Waals surface area contributed by atoms with Crippen molar-refractivity contribution in [2.75, 3.05) is 11.4 Å². The van der Waals surface area contributed by atoms with Crippen LogP contribution in [0.2, 0.25) is 0 Å². The molecule has 5 nitrogen and oxygen atoms in total. The number of carboxylic acids is 1. The van der Waals surface area contributed by atoms with Crippen molar-refractivity contribution in [3.05, 3.63) is 18.5 Å². The summed E-state index contributed by atoms with van der Waals surface area (Å²) in [5.74, 6) is -0.454. The summed E-state index contributed by atoms with van der Waals surface area (Å²) in [7, 11) is 0. The van der Waals surface area contributed by atoms with Gasteiger partial charge in [0.05, 0.1) is 0 Å². The smallest absolute Gasteiger partial charge is 0.329 e. The van der Waals surface area contributed by atoms with Gasteiger partial charge in [0.25, 0.3) is 0 Å². The molecule has 5 heteroatoms. The zero-order valence-corrected chi connectivity index (χ0v) is 9.14. The Morgan fingerprint density at radius 1 is 1.47 bits per heavy atom. The van der Waals surface area contributed by atoms with Crippen molar-refractivity contribution in [2.24, 2.45) is 0 Å². The Morgan fingerprint density at radius 2 is 2.00 bits per heavy atom. The Morgan fingerprint density at radius 3 is 2.40 bits per heavy atom. The van der Waals surface area contributed by atoms with Crippen LogP contribution in [-0.2, 0) is 4.79 Å². The Bertz CT molecular complexity index is 338. The van der Waals surface area contributed by atoms with Gasteiger partial charge in [0.15, 0.2) is 0 Å². The van der Waals surface area contributed by atoms with Crippen LogP contribution in [0.4, 0.5) is 5.95 Å². The van der Waals surface area contributed by atoms with Crippen molar-refractivity contribution >= 4 is 11.9 Å². The highest BCUT2D eigenvalue weighted by Crippen LogP contribution is 2.19. The molecule has 1 rings (SSSR count). The van der Waals surface area contributed by atoms with E-state index in [2.05, 4.69) is 9.97 Å². The average molecular weight is 209 g/mol. The standard InChI is InChI=1S/C10H15N3O2/c1-4-13(10(2,3)8(14)15)9-11-6-5-7-12-9/h5-7H,4H2,1-3H3,(H,14,15). The molecular formula is C10H15N3O2. The van der Waals surface area contributed by atoms with Crippen LogP contribution in [0, 0.1) is 0 Å². The SMILES string of the molecule is CCN(c1ncccn1)C(C)(C)C(=O)O. The number of likely N-dealkylation sites (N-methyl/N-ethyl adjacent to an activating group) is 1. The minimum Gasteiger partial charge on any atom is -0.480 e. The molecule has 82 valence electrons. The van der Waals surface area contributed by atoms with E-state index in [0.29, 0.717) is 12.5 Å². The molecule has 0 saturated carbocycles. The first-order valence-corrected chi connectivity index (χ1v) is 4.78. The van der Waals surface area contributed by atoms with E-state index in [9.17, 15) is 4.79 Å². The van der Waals surface area contributed by atoms with Gasteiger partial charge in [0.2, 0.25) is 5.95 Å². The van der Waals surface area contributed by atoms with E-state index in [1.165, 1.54) is 0 Å². The molecule has 0 aliphatic heterocycles. The molecule has 0 aliphatic carbocycles. The summed E-state index contributed by atoms with van der Waals surface area (Å²) in [5.41, 5.74) is -1.00. The number of rotatable bonds is 4. The highest BCUT2D eigenvalue weighted by atomic mass is 16.4. The number of nitrogens with zero attached hydrogens (tertiary/aromatic N) is 3. The second-order valence-corrected chi connectivity index (χ2v) is 3.66. The molecule has 1 aromatic rings. The maximum atomic E-state index is 11.1. The summed E-state index contributed by atoms with van der Waals surface area (Å²) < 4.78 is 0. The van der Waals surface area contributed by atoms with Crippen molar-refractivity contribution in [1.82, 2.24) is 9.97 Å². The third-order valence-corrected chi connectivity index (χ3v) is 2.31. The number of carboxylic acid groups (broad SMARTS) is 1. The molecule has 0 bridgehead atoms. The summed E-state index contributed by atoms with van der Waals surface area (Å²) >= 11 is 0. The summed E-state index contributed by atoms with van der Waals surface area (Å²) in [6.45, 7) is 5.69. The Kier molecular flexibility index (Phi) is 3.24. The molecule has 0 radical (unpaired) electrons. The van der Waals surface area contributed by atoms with Crippen molar-refractivity contribution in [1.29, 1.82) is 0 Å². The van der Waals surface area contributed by atoms with Crippen LogP contribution in [-0.4, -0.2) is 33.1 Å². The molecule has 0 aliphatic rings. The monoisotopic (exact) mass is 209 g/mol. The fourth-order valence-corrected chi connectivity index (χ4v) is 1.33. The Hall–Kier alpha value is -1.65. The van der Waals surface area contributed by atoms with E-state index >= 15 is 0 Å². The van der Waals surface area contributed by atoms with E-state index in [-0.39, 0.29) is 0 Å². The predicted octanol–water partition coefficient (Wildman–Crippen LogP) is 1.17. The molecule has 0 aromatic carbocycles. The molecule has 0 fully saturated rings. The average Bonchev–Trinajstić information content (AvgIpc) is 2.19. The lowest BCUT2D eigenvalue weighted by molar-refractivity contribution is -0.142. The lowest BCUT2D eigenvalue weighted by Gasteiger charge is -2.33. The third kappa shape index (κ3) is 2.23. The normalized spacial score (nSPS) is 11.1. The number of anilines is 1. The number of hydrogen-bond donors (Lipinski definition) is 1. The van der Waals surface area contributed by atoms with Gasteiger partial charge in [-0.15, -0.1) is 0 Å². The fraction of sp³-hybridized carbons (Fsp3) is 0.500. The van der Waals surface area contributed by atoms with Gasteiger partial charge >= 0.3 is 5.97 Å². The van der Waals surface area contributed by atoms with Crippen molar-refractivity contribution in [3.63, 3.8) is 0 Å². The van der Waals surface area contributed by atoms with Crippen LogP contribution in [0.25, 0.3) is 0 Å². The van der Waals surface area contributed by atoms with Crippen LogP contribution < -0.4 is 4.90 Å². The summed E-state index contributed by atoms with van der Waals surface area (Å²) in [6.07, 6.45) is 3.20.